The fourth-order valence-corrected chi connectivity index (χ4v) is 6.67. The Morgan fingerprint density at radius 2 is 1.64 bits per heavy atom. The standard InChI is InChI=1S/C20H32O4Si/c1-8-19(18-13-11-10-12-14-18)24-25(15(3)4,16(5)6)23-17(7)20(21)22-9-2/h8,10-17,19H,1,9H2,2-7H3/t17-,19?/m0/s1. The van der Waals surface area contributed by atoms with Gasteiger partial charge < -0.3 is 13.6 Å². The van der Waals surface area contributed by atoms with Crippen LogP contribution in [-0.2, 0) is 18.4 Å². The molecule has 5 heteroatoms. The first-order valence-corrected chi connectivity index (χ1v) is 10.9. The van der Waals surface area contributed by atoms with Gasteiger partial charge in [-0.05, 0) is 30.5 Å². The molecular weight excluding hydrogens is 332 g/mol. The number of ether oxygens (including phenoxy) is 1. The summed E-state index contributed by atoms with van der Waals surface area (Å²) in [6.45, 7) is 16.2. The van der Waals surface area contributed by atoms with Crippen LogP contribution in [0.25, 0.3) is 0 Å². The third-order valence-corrected chi connectivity index (χ3v) is 8.81. The number of benzene rings is 1. The molecule has 1 aromatic rings. The summed E-state index contributed by atoms with van der Waals surface area (Å²) in [5.41, 5.74) is 1.36. The summed E-state index contributed by atoms with van der Waals surface area (Å²) in [4.78, 5) is 12.1. The van der Waals surface area contributed by atoms with E-state index >= 15 is 0 Å². The van der Waals surface area contributed by atoms with Gasteiger partial charge in [0.1, 0.15) is 6.10 Å². The average Bonchev–Trinajstić information content (AvgIpc) is 2.58. The molecule has 2 atom stereocenters. The Labute approximate surface area is 153 Å². The Morgan fingerprint density at radius 3 is 2.08 bits per heavy atom. The van der Waals surface area contributed by atoms with E-state index in [0.717, 1.165) is 5.56 Å². The number of rotatable bonds is 10. The van der Waals surface area contributed by atoms with E-state index in [2.05, 4.69) is 34.3 Å². The zero-order valence-electron chi connectivity index (χ0n) is 16.3. The molecule has 0 heterocycles. The van der Waals surface area contributed by atoms with Crippen molar-refractivity contribution < 1.29 is 18.4 Å². The van der Waals surface area contributed by atoms with Crippen LogP contribution in [0.3, 0.4) is 0 Å². The van der Waals surface area contributed by atoms with E-state index < -0.39 is 14.7 Å². The fourth-order valence-electron chi connectivity index (χ4n) is 2.92. The normalized spacial score (nSPS) is 14.4. The minimum absolute atomic E-state index is 0.163. The van der Waals surface area contributed by atoms with Crippen molar-refractivity contribution in [3.8, 4) is 0 Å². The molecular formula is C20H32O4Si. The highest BCUT2D eigenvalue weighted by Crippen LogP contribution is 2.39. The lowest BCUT2D eigenvalue weighted by Gasteiger charge is -2.41. The van der Waals surface area contributed by atoms with Crippen LogP contribution in [0.5, 0.6) is 0 Å². The van der Waals surface area contributed by atoms with Crippen LogP contribution in [0.1, 0.15) is 53.2 Å². The molecule has 4 nitrogen and oxygen atoms in total. The van der Waals surface area contributed by atoms with Gasteiger partial charge in [0, 0.05) is 0 Å². The zero-order chi connectivity index (χ0) is 19.0. The predicted molar refractivity (Wildman–Crippen MR) is 104 cm³/mol. The van der Waals surface area contributed by atoms with Crippen LogP contribution in [0, 0.1) is 0 Å². The molecule has 0 aliphatic rings. The van der Waals surface area contributed by atoms with Gasteiger partial charge >= 0.3 is 14.5 Å². The maximum Gasteiger partial charge on any atom is 0.344 e. The molecule has 0 fully saturated rings. The number of hydrogen-bond donors (Lipinski definition) is 0. The van der Waals surface area contributed by atoms with Crippen molar-refractivity contribution in [2.75, 3.05) is 6.61 Å². The first-order chi connectivity index (χ1) is 11.8. The van der Waals surface area contributed by atoms with E-state index in [4.69, 9.17) is 13.6 Å². The Balaban J connectivity index is 3.14. The molecule has 1 unspecified atom stereocenters. The number of esters is 1. The van der Waals surface area contributed by atoms with Crippen LogP contribution in [-0.4, -0.2) is 27.2 Å². The Morgan fingerprint density at radius 1 is 1.08 bits per heavy atom. The van der Waals surface area contributed by atoms with Gasteiger partial charge in [-0.1, -0.05) is 64.1 Å². The highest BCUT2D eigenvalue weighted by Gasteiger charge is 2.48. The lowest BCUT2D eigenvalue weighted by atomic mass is 10.1. The highest BCUT2D eigenvalue weighted by molar-refractivity contribution is 6.70. The summed E-state index contributed by atoms with van der Waals surface area (Å²) < 4.78 is 18.0. The fraction of sp³-hybridized carbons (Fsp3) is 0.550. The molecule has 0 saturated heterocycles. The second kappa shape index (κ2) is 9.90. The van der Waals surface area contributed by atoms with Gasteiger partial charge in [-0.25, -0.2) is 4.79 Å². The molecule has 1 rings (SSSR count). The van der Waals surface area contributed by atoms with Gasteiger partial charge in [-0.2, -0.15) is 0 Å². The maximum absolute atomic E-state index is 12.1. The SMILES string of the molecule is C=CC(O[Si](O[C@@H](C)C(=O)OCC)(C(C)C)C(C)C)c1ccccc1. The molecule has 0 spiro atoms. The molecule has 0 aromatic heterocycles. The third-order valence-electron chi connectivity index (χ3n) is 4.24. The van der Waals surface area contributed by atoms with Gasteiger partial charge in [-0.3, -0.25) is 0 Å². The Bertz CT molecular complexity index is 534. The third kappa shape index (κ3) is 5.52. The van der Waals surface area contributed by atoms with E-state index in [1.54, 1.807) is 19.9 Å². The molecule has 0 aliphatic carbocycles. The molecule has 0 N–H and O–H groups in total. The molecule has 0 saturated carbocycles. The van der Waals surface area contributed by atoms with Crippen molar-refractivity contribution in [1.82, 2.24) is 0 Å². The van der Waals surface area contributed by atoms with Crippen LogP contribution in [0.4, 0.5) is 0 Å². The van der Waals surface area contributed by atoms with Crippen molar-refractivity contribution in [1.29, 1.82) is 0 Å². The molecule has 0 aliphatic heterocycles. The van der Waals surface area contributed by atoms with Gasteiger partial charge in [0.15, 0.2) is 0 Å². The highest BCUT2D eigenvalue weighted by atomic mass is 28.4. The monoisotopic (exact) mass is 364 g/mol. The second-order valence-electron chi connectivity index (χ2n) is 6.73. The molecule has 0 amide bonds. The van der Waals surface area contributed by atoms with E-state index in [9.17, 15) is 4.79 Å². The average molecular weight is 365 g/mol. The van der Waals surface area contributed by atoms with Crippen molar-refractivity contribution in [2.24, 2.45) is 0 Å². The van der Waals surface area contributed by atoms with Gasteiger partial charge in [-0.15, -0.1) is 6.58 Å². The second-order valence-corrected chi connectivity index (χ2v) is 11.0. The number of hydrogen-bond acceptors (Lipinski definition) is 4. The topological polar surface area (TPSA) is 44.8 Å². The largest absolute Gasteiger partial charge is 0.464 e. The van der Waals surface area contributed by atoms with Crippen molar-refractivity contribution in [2.45, 2.75) is 64.8 Å². The predicted octanol–water partition coefficient (Wildman–Crippen LogP) is 5.16. The summed E-state index contributed by atoms with van der Waals surface area (Å²) in [7, 11) is -2.74. The first kappa shape index (κ1) is 21.6. The van der Waals surface area contributed by atoms with Crippen LogP contribution < -0.4 is 0 Å². The van der Waals surface area contributed by atoms with Crippen molar-refractivity contribution >= 4 is 14.5 Å². The Kier molecular flexibility index (Phi) is 8.55. The molecule has 140 valence electrons. The summed E-state index contributed by atoms with van der Waals surface area (Å²) >= 11 is 0. The van der Waals surface area contributed by atoms with E-state index in [0.29, 0.717) is 6.61 Å². The number of carbonyl (C=O) groups excluding carboxylic acids is 1. The van der Waals surface area contributed by atoms with Gasteiger partial charge in [0.25, 0.3) is 0 Å². The van der Waals surface area contributed by atoms with E-state index in [-0.39, 0.29) is 23.2 Å². The lowest BCUT2D eigenvalue weighted by Crippen LogP contribution is -2.52. The summed E-state index contributed by atoms with van der Waals surface area (Å²) in [5, 5.41) is 0. The summed E-state index contributed by atoms with van der Waals surface area (Å²) in [6, 6.07) is 9.96. The summed E-state index contributed by atoms with van der Waals surface area (Å²) in [5.74, 6) is -0.348. The van der Waals surface area contributed by atoms with Crippen LogP contribution in [0.2, 0.25) is 11.1 Å². The van der Waals surface area contributed by atoms with E-state index in [1.165, 1.54) is 0 Å². The molecule has 1 aromatic carbocycles. The molecule has 25 heavy (non-hydrogen) atoms. The zero-order valence-corrected chi connectivity index (χ0v) is 17.3. The van der Waals surface area contributed by atoms with Crippen molar-refractivity contribution in [3.63, 3.8) is 0 Å². The van der Waals surface area contributed by atoms with Crippen molar-refractivity contribution in [3.05, 3.63) is 48.6 Å². The minimum atomic E-state index is -2.74. The van der Waals surface area contributed by atoms with Gasteiger partial charge in [0.2, 0.25) is 0 Å². The quantitative estimate of drug-likeness (QED) is 0.327. The Hall–Kier alpha value is -1.43. The molecule has 0 radical (unpaired) electrons. The smallest absolute Gasteiger partial charge is 0.344 e. The maximum atomic E-state index is 12.1. The van der Waals surface area contributed by atoms with Crippen LogP contribution >= 0.6 is 0 Å². The number of carbonyl (C=O) groups is 1. The molecule has 0 bridgehead atoms. The van der Waals surface area contributed by atoms with E-state index in [1.807, 2.05) is 30.3 Å². The summed E-state index contributed by atoms with van der Waals surface area (Å²) in [6.07, 6.45) is 0.866. The van der Waals surface area contributed by atoms with Gasteiger partial charge in [0.05, 0.1) is 12.7 Å². The lowest BCUT2D eigenvalue weighted by molar-refractivity contribution is -0.152. The van der Waals surface area contributed by atoms with Crippen LogP contribution in [0.15, 0.2) is 43.0 Å². The first-order valence-electron chi connectivity index (χ1n) is 8.98. The minimum Gasteiger partial charge on any atom is -0.464 e.